The second kappa shape index (κ2) is 13.5. The van der Waals surface area contributed by atoms with E-state index in [-0.39, 0.29) is 25.4 Å². The average Bonchev–Trinajstić information content (AvgIpc) is 2.55. The number of hydrogen-bond donors (Lipinski definition) is 1. The van der Waals surface area contributed by atoms with Gasteiger partial charge in [-0.2, -0.15) is 0 Å². The van der Waals surface area contributed by atoms with Gasteiger partial charge < -0.3 is 24.3 Å². The first-order valence-corrected chi connectivity index (χ1v) is 8.43. The molecule has 27 heavy (non-hydrogen) atoms. The molecule has 0 bridgehead atoms. The molecule has 0 spiro atoms. The molecule has 0 aliphatic heterocycles. The van der Waals surface area contributed by atoms with Crippen LogP contribution in [-0.2, 0) is 38.1 Å². The minimum Gasteiger partial charge on any atom is -0.460 e. The Morgan fingerprint density at radius 3 is 1.56 bits per heavy atom. The average molecular weight is 385 g/mol. The Morgan fingerprint density at radius 1 is 0.741 bits per heavy atom. The van der Waals surface area contributed by atoms with Crippen molar-refractivity contribution >= 4 is 23.9 Å². The molecule has 152 valence electrons. The van der Waals surface area contributed by atoms with Gasteiger partial charge in [-0.3, -0.25) is 0 Å². The van der Waals surface area contributed by atoms with Crippen LogP contribution in [0.15, 0.2) is 24.3 Å². The fourth-order valence-electron chi connectivity index (χ4n) is 1.60. The number of rotatable bonds is 11. The molecule has 0 amide bonds. The summed E-state index contributed by atoms with van der Waals surface area (Å²) in [7, 11) is 1.63. The van der Waals surface area contributed by atoms with Crippen LogP contribution in [0.4, 0.5) is 0 Å². The van der Waals surface area contributed by atoms with E-state index in [1.54, 1.807) is 34.7 Å². The van der Waals surface area contributed by atoms with Crippen molar-refractivity contribution in [2.24, 2.45) is 0 Å². The summed E-state index contributed by atoms with van der Waals surface area (Å²) < 4.78 is 19.7. The van der Waals surface area contributed by atoms with Crippen molar-refractivity contribution in [2.75, 3.05) is 20.2 Å². The van der Waals surface area contributed by atoms with E-state index in [1.807, 2.05) is 0 Å². The minimum atomic E-state index is -0.789. The number of esters is 4. The van der Waals surface area contributed by atoms with Gasteiger partial charge in [0, 0.05) is 30.8 Å². The normalized spacial score (nSPS) is 12.4. The third-order valence-electron chi connectivity index (χ3n) is 2.54. The quantitative estimate of drug-likeness (QED) is 0.311. The lowest BCUT2D eigenvalue weighted by molar-refractivity contribution is -0.152. The van der Waals surface area contributed by atoms with Crippen LogP contribution in [0.2, 0.25) is 0 Å². The molecule has 0 radical (unpaired) electrons. The maximum atomic E-state index is 11.7. The molecule has 0 aromatic rings. The molecule has 0 fully saturated rings. The molecule has 0 heterocycles. The maximum absolute atomic E-state index is 11.7. The van der Waals surface area contributed by atoms with Crippen LogP contribution in [0, 0.1) is 0 Å². The highest BCUT2D eigenvalue weighted by Gasteiger charge is 2.15. The summed E-state index contributed by atoms with van der Waals surface area (Å²) in [6, 6.07) is 0. The topological polar surface area (TPSA) is 117 Å². The van der Waals surface area contributed by atoms with Gasteiger partial charge in [-0.15, -0.1) is 0 Å². The second-order valence-corrected chi connectivity index (χ2v) is 5.88. The Balaban J connectivity index is 4.47. The summed E-state index contributed by atoms with van der Waals surface area (Å²) in [5.74, 6) is -2.91. The van der Waals surface area contributed by atoms with Crippen LogP contribution in [0.3, 0.4) is 0 Å². The van der Waals surface area contributed by atoms with Gasteiger partial charge in [0.1, 0.15) is 12.7 Å². The van der Waals surface area contributed by atoms with Crippen molar-refractivity contribution in [1.82, 2.24) is 5.32 Å². The lowest BCUT2D eigenvalue weighted by atomic mass is 10.3. The van der Waals surface area contributed by atoms with E-state index in [2.05, 4.69) is 5.32 Å². The zero-order valence-electron chi connectivity index (χ0n) is 16.2. The molecule has 9 heteroatoms. The van der Waals surface area contributed by atoms with Crippen LogP contribution >= 0.6 is 0 Å². The standard InChI is InChI=1S/C18H27NO8/c1-12(2)25-16(21)7-6-15(20)24-11-14(10-19-5)27-18(23)9-8-17(22)26-13(3)4/h6-9,12-14,19H,10-11H2,1-5H3/b7-6+,9-8+. The number of hydrogen-bond acceptors (Lipinski definition) is 9. The van der Waals surface area contributed by atoms with E-state index in [0.29, 0.717) is 0 Å². The molecule has 1 N–H and O–H groups in total. The smallest absolute Gasteiger partial charge is 0.331 e. The molecule has 9 nitrogen and oxygen atoms in total. The van der Waals surface area contributed by atoms with Gasteiger partial charge in [0.15, 0.2) is 0 Å². The Bertz CT molecular complexity index is 566. The summed E-state index contributed by atoms with van der Waals surface area (Å²) in [6.45, 7) is 6.69. The second-order valence-electron chi connectivity index (χ2n) is 5.88. The van der Waals surface area contributed by atoms with E-state index in [9.17, 15) is 19.2 Å². The monoisotopic (exact) mass is 385 g/mol. The molecule has 0 aromatic carbocycles. The van der Waals surface area contributed by atoms with Gasteiger partial charge >= 0.3 is 23.9 Å². The Kier molecular flexibility index (Phi) is 12.2. The third-order valence-corrected chi connectivity index (χ3v) is 2.54. The number of nitrogens with one attached hydrogen (secondary N) is 1. The van der Waals surface area contributed by atoms with Gasteiger partial charge in [0.25, 0.3) is 0 Å². The first-order chi connectivity index (χ1) is 12.6. The number of ether oxygens (including phenoxy) is 4. The number of likely N-dealkylation sites (N-methyl/N-ethyl adjacent to an activating group) is 1. The maximum Gasteiger partial charge on any atom is 0.331 e. The molecule has 0 saturated carbocycles. The van der Waals surface area contributed by atoms with Gasteiger partial charge in [-0.05, 0) is 34.7 Å². The number of carbonyl (C=O) groups is 4. The van der Waals surface area contributed by atoms with Crippen molar-refractivity contribution < 1.29 is 38.1 Å². The predicted molar refractivity (Wildman–Crippen MR) is 95.5 cm³/mol. The molecule has 0 saturated heterocycles. The molecule has 1 atom stereocenters. The Hall–Kier alpha value is -2.68. The van der Waals surface area contributed by atoms with Gasteiger partial charge in [0.2, 0.25) is 0 Å². The lowest BCUT2D eigenvalue weighted by Crippen LogP contribution is -2.33. The highest BCUT2D eigenvalue weighted by atomic mass is 16.6. The zero-order valence-corrected chi connectivity index (χ0v) is 16.2. The highest BCUT2D eigenvalue weighted by molar-refractivity contribution is 5.92. The van der Waals surface area contributed by atoms with Crippen molar-refractivity contribution in [3.63, 3.8) is 0 Å². The van der Waals surface area contributed by atoms with Crippen molar-refractivity contribution in [3.8, 4) is 0 Å². The third kappa shape index (κ3) is 14.2. The Labute approximate surface area is 158 Å². The van der Waals surface area contributed by atoms with Crippen molar-refractivity contribution in [1.29, 1.82) is 0 Å². The molecule has 1 unspecified atom stereocenters. The first-order valence-electron chi connectivity index (χ1n) is 8.43. The van der Waals surface area contributed by atoms with Crippen molar-refractivity contribution in [2.45, 2.75) is 46.0 Å². The summed E-state index contributed by atoms with van der Waals surface area (Å²) in [4.78, 5) is 45.9. The van der Waals surface area contributed by atoms with Crippen LogP contribution in [0.1, 0.15) is 27.7 Å². The van der Waals surface area contributed by atoms with Crippen LogP contribution in [0.25, 0.3) is 0 Å². The molecule has 0 aliphatic rings. The predicted octanol–water partition coefficient (Wildman–Crippen LogP) is 0.676. The lowest BCUT2D eigenvalue weighted by Gasteiger charge is -2.16. The van der Waals surface area contributed by atoms with Crippen LogP contribution in [-0.4, -0.2) is 62.4 Å². The van der Waals surface area contributed by atoms with Gasteiger partial charge in [-0.25, -0.2) is 19.2 Å². The van der Waals surface area contributed by atoms with Crippen molar-refractivity contribution in [3.05, 3.63) is 24.3 Å². The number of carbonyl (C=O) groups excluding carboxylic acids is 4. The van der Waals surface area contributed by atoms with Gasteiger partial charge in [0.05, 0.1) is 12.2 Å². The summed E-state index contributed by atoms with van der Waals surface area (Å²) in [6.07, 6.45) is 2.36. The molecule has 0 rings (SSSR count). The van der Waals surface area contributed by atoms with Crippen LogP contribution < -0.4 is 5.32 Å². The van der Waals surface area contributed by atoms with E-state index < -0.39 is 30.0 Å². The minimum absolute atomic E-state index is 0.211. The fraction of sp³-hybridized carbons (Fsp3) is 0.556. The molecule has 0 aromatic heterocycles. The SMILES string of the molecule is CNCC(COC(=O)/C=C/C(=O)OC(C)C)OC(=O)/C=C/C(=O)OC(C)C. The fourth-order valence-corrected chi connectivity index (χ4v) is 1.60. The highest BCUT2D eigenvalue weighted by Crippen LogP contribution is 1.98. The van der Waals surface area contributed by atoms with E-state index in [0.717, 1.165) is 24.3 Å². The summed E-state index contributed by atoms with van der Waals surface area (Å²) >= 11 is 0. The Morgan fingerprint density at radius 2 is 1.15 bits per heavy atom. The van der Waals surface area contributed by atoms with E-state index in [4.69, 9.17) is 18.9 Å². The van der Waals surface area contributed by atoms with E-state index in [1.165, 1.54) is 0 Å². The summed E-state index contributed by atoms with van der Waals surface area (Å²) in [5, 5.41) is 2.78. The summed E-state index contributed by atoms with van der Waals surface area (Å²) in [5.41, 5.74) is 0. The molecule has 0 aliphatic carbocycles. The van der Waals surface area contributed by atoms with Crippen LogP contribution in [0.5, 0.6) is 0 Å². The zero-order chi connectivity index (χ0) is 20.8. The van der Waals surface area contributed by atoms with E-state index >= 15 is 0 Å². The first kappa shape index (κ1) is 24.3. The van der Waals surface area contributed by atoms with Gasteiger partial charge in [-0.1, -0.05) is 0 Å². The molecular formula is C18H27NO8. The molecular weight excluding hydrogens is 358 g/mol. The largest absolute Gasteiger partial charge is 0.460 e.